The predicted molar refractivity (Wildman–Crippen MR) is 289 cm³/mol. The molecule has 338 valence electrons. The molecule has 8 bridgehead atoms. The third kappa shape index (κ3) is 10.8. The van der Waals surface area contributed by atoms with Crippen LogP contribution in [0.5, 0.6) is 0 Å². The monoisotopic (exact) mass is 966 g/mol. The Morgan fingerprint density at radius 3 is 0.735 bits per heavy atom. The van der Waals surface area contributed by atoms with Gasteiger partial charge in [-0.1, -0.05) is 144 Å². The number of thioether (sulfide) groups is 4. The molecule has 0 radical (unpaired) electrons. The van der Waals surface area contributed by atoms with Gasteiger partial charge in [-0.25, -0.2) is 9.97 Å². The molecule has 5 heterocycles. The summed E-state index contributed by atoms with van der Waals surface area (Å²) < 4.78 is 0. The maximum absolute atomic E-state index is 11.8. The summed E-state index contributed by atoms with van der Waals surface area (Å²) in [5, 5.41) is 0.303. The molecule has 68 heavy (non-hydrogen) atoms. The van der Waals surface area contributed by atoms with E-state index in [-0.39, 0.29) is 20.5 Å². The third-order valence-corrected chi connectivity index (χ3v) is 15.0. The van der Waals surface area contributed by atoms with Crippen molar-refractivity contribution in [1.29, 1.82) is 0 Å². The van der Waals surface area contributed by atoms with Gasteiger partial charge in [-0.2, -0.15) is 0 Å². The van der Waals surface area contributed by atoms with Crippen LogP contribution in [0.3, 0.4) is 0 Å². The van der Waals surface area contributed by atoms with E-state index in [0.29, 0.717) is 23.0 Å². The summed E-state index contributed by atoms with van der Waals surface area (Å²) in [4.78, 5) is 65.9. The van der Waals surface area contributed by atoms with Crippen LogP contribution in [-0.4, -0.2) is 40.4 Å². The molecule has 2 N–H and O–H groups in total. The number of rotatable bonds is 12. The number of fused-ring (bicyclic) bond motifs is 8. The van der Waals surface area contributed by atoms with Crippen LogP contribution in [0.15, 0.2) is 121 Å². The number of benzene rings is 4. The van der Waals surface area contributed by atoms with Crippen molar-refractivity contribution in [3.8, 4) is 44.5 Å². The molecule has 2 aliphatic rings. The summed E-state index contributed by atoms with van der Waals surface area (Å²) in [6.07, 6.45) is 8.28. The van der Waals surface area contributed by atoms with Gasteiger partial charge in [-0.05, 0) is 93.1 Å². The number of hydrogen-bond acceptors (Lipinski definition) is 10. The van der Waals surface area contributed by atoms with Gasteiger partial charge in [0.2, 0.25) is 0 Å². The summed E-state index contributed by atoms with van der Waals surface area (Å²) in [6.45, 7) is 6.35. The highest BCUT2D eigenvalue weighted by Crippen LogP contribution is 2.39. The van der Waals surface area contributed by atoms with Crippen molar-refractivity contribution >= 4 is 114 Å². The zero-order valence-electron chi connectivity index (χ0n) is 37.8. The number of H-pyrrole nitrogens is 2. The molecule has 0 amide bonds. The molecule has 8 nitrogen and oxygen atoms in total. The van der Waals surface area contributed by atoms with Gasteiger partial charge in [0.25, 0.3) is 0 Å². The highest BCUT2D eigenvalue weighted by molar-refractivity contribution is 8.13. The number of hydrogen-bond donors (Lipinski definition) is 2. The van der Waals surface area contributed by atoms with Crippen molar-refractivity contribution in [2.24, 2.45) is 0 Å². The van der Waals surface area contributed by atoms with E-state index in [9.17, 15) is 19.2 Å². The highest BCUT2D eigenvalue weighted by Gasteiger charge is 2.20. The predicted octanol–water partition coefficient (Wildman–Crippen LogP) is 14.4. The Bertz CT molecular complexity index is 2900. The van der Waals surface area contributed by atoms with E-state index in [4.69, 9.17) is 9.97 Å². The molecule has 0 atom stereocenters. The minimum Gasteiger partial charge on any atom is -0.354 e. The fraction of sp³-hybridized carbons (Fsp3) is 0.143. The van der Waals surface area contributed by atoms with E-state index < -0.39 is 0 Å². The lowest BCUT2D eigenvalue weighted by Crippen LogP contribution is -1.91. The molecule has 0 saturated carbocycles. The van der Waals surface area contributed by atoms with Crippen molar-refractivity contribution in [1.82, 2.24) is 19.9 Å². The Morgan fingerprint density at radius 1 is 0.338 bits per heavy atom. The lowest BCUT2D eigenvalue weighted by atomic mass is 10.0. The van der Waals surface area contributed by atoms with Gasteiger partial charge in [0.05, 0.1) is 22.8 Å². The van der Waals surface area contributed by atoms with E-state index in [1.165, 1.54) is 47.0 Å². The van der Waals surface area contributed by atoms with Crippen molar-refractivity contribution in [2.75, 3.05) is 0 Å². The quantitative estimate of drug-likeness (QED) is 0.122. The summed E-state index contributed by atoms with van der Waals surface area (Å²) >= 11 is 5.16. The zero-order valence-corrected chi connectivity index (χ0v) is 41.1. The van der Waals surface area contributed by atoms with Crippen LogP contribution < -0.4 is 0 Å². The van der Waals surface area contributed by atoms with Crippen LogP contribution in [0.2, 0.25) is 0 Å². The Labute approximate surface area is 412 Å². The minimum absolute atomic E-state index is 0.0758. The second-order valence-electron chi connectivity index (χ2n) is 16.4. The van der Waals surface area contributed by atoms with Gasteiger partial charge in [0.1, 0.15) is 0 Å². The Hall–Kier alpha value is -6.44. The molecule has 12 heteroatoms. The molecule has 0 fully saturated rings. The first kappa shape index (κ1) is 46.7. The van der Waals surface area contributed by atoms with Gasteiger partial charge >= 0.3 is 0 Å². The lowest BCUT2D eigenvalue weighted by Gasteiger charge is -2.08. The number of nitrogens with one attached hydrogen (secondary N) is 2. The normalized spacial score (nSPS) is 11.8. The minimum atomic E-state index is 0.0758. The Balaban J connectivity index is 1.34. The smallest absolute Gasteiger partial charge is 0.186 e. The van der Waals surface area contributed by atoms with Crippen molar-refractivity contribution in [2.45, 2.75) is 50.7 Å². The molecule has 7 aromatic rings. The van der Waals surface area contributed by atoms with Crippen LogP contribution in [0.1, 0.15) is 72.7 Å². The number of carbonyl (C=O) groups excluding carboxylic acids is 4. The number of aromatic amines is 2. The molecule has 0 spiro atoms. The van der Waals surface area contributed by atoms with Gasteiger partial charge in [0.15, 0.2) is 20.5 Å². The average Bonchev–Trinajstić information content (AvgIpc) is 4.19. The molecule has 3 aromatic heterocycles. The summed E-state index contributed by atoms with van der Waals surface area (Å²) in [7, 11) is 0. The molecule has 2 aliphatic heterocycles. The van der Waals surface area contributed by atoms with Crippen LogP contribution in [-0.2, 0) is 42.2 Å². The van der Waals surface area contributed by atoms with Crippen molar-refractivity contribution < 1.29 is 19.2 Å². The van der Waals surface area contributed by atoms with E-state index in [1.54, 1.807) is 27.7 Å². The highest BCUT2D eigenvalue weighted by atomic mass is 32.2. The first-order chi connectivity index (χ1) is 32.9. The first-order valence-corrected chi connectivity index (χ1v) is 26.0. The van der Waals surface area contributed by atoms with Gasteiger partial charge in [-0.15, -0.1) is 0 Å². The third-order valence-electron chi connectivity index (χ3n) is 11.5. The van der Waals surface area contributed by atoms with Crippen LogP contribution in [0, 0.1) is 0 Å². The summed E-state index contributed by atoms with van der Waals surface area (Å²) in [5.41, 5.74) is 18.3. The molecule has 4 aromatic carbocycles. The van der Waals surface area contributed by atoms with Gasteiger partial charge < -0.3 is 9.97 Å². The SMILES string of the molecule is CC(=O)SCc1ccc(-c2c3nc(c(-c4ccc(CSC(C)=O)cc4)c4ccc([nH]4)c(-c4ccc(CSC(C)=O)cc4)c4nc(c(-c5ccc(CSC(C)=O)cc5)c5ccc2[nH]5)C=C4)C=C3)cc1. The molecule has 0 unspecified atom stereocenters. The topological polar surface area (TPSA) is 126 Å². The molecular formula is C56H46N4O4S4. The van der Waals surface area contributed by atoms with E-state index >= 15 is 0 Å². The van der Waals surface area contributed by atoms with Crippen molar-refractivity contribution in [3.63, 3.8) is 0 Å². The zero-order chi connectivity index (χ0) is 47.3. The van der Waals surface area contributed by atoms with Crippen LogP contribution in [0.25, 0.3) is 90.9 Å². The Kier molecular flexibility index (Phi) is 14.3. The second kappa shape index (κ2) is 20.8. The molecular weight excluding hydrogens is 921 g/mol. The molecule has 0 saturated heterocycles. The van der Waals surface area contributed by atoms with Crippen molar-refractivity contribution in [3.05, 3.63) is 166 Å². The van der Waals surface area contributed by atoms with Crippen LogP contribution >= 0.6 is 47.0 Å². The first-order valence-electron chi connectivity index (χ1n) is 22.0. The second-order valence-corrected chi connectivity index (χ2v) is 21.0. The standard InChI is InChI=1S/C56H46N4O4S4/c1-33(61)65-29-37-5-13-41(14-6-37)53-45-21-23-47(57-45)54(42-15-7-38(8-16-42)30-66-34(2)62)49-25-27-51(59-49)56(44-19-11-40(12-20-44)32-68-36(4)64)52-28-26-50(60-52)55(48-24-22-46(53)58-48)43-17-9-39(10-18-43)31-67-35(3)63/h5-28,57,60H,29-32H2,1-4H3. The van der Waals surface area contributed by atoms with Gasteiger partial charge in [-0.3, -0.25) is 19.2 Å². The molecule has 0 aliphatic carbocycles. The fourth-order valence-corrected chi connectivity index (χ4v) is 10.5. The molecule has 9 rings (SSSR count). The number of aromatic nitrogens is 4. The van der Waals surface area contributed by atoms with E-state index in [2.05, 4.69) is 156 Å². The number of carbonyl (C=O) groups is 4. The number of nitrogens with zero attached hydrogens (tertiary/aromatic N) is 2. The fourth-order valence-electron chi connectivity index (χ4n) is 8.23. The lowest BCUT2D eigenvalue weighted by molar-refractivity contribution is -0.109. The Morgan fingerprint density at radius 2 is 0.544 bits per heavy atom. The summed E-state index contributed by atoms with van der Waals surface area (Å²) in [6, 6.07) is 41.7. The van der Waals surface area contributed by atoms with E-state index in [0.717, 1.165) is 112 Å². The summed E-state index contributed by atoms with van der Waals surface area (Å²) in [5.74, 6) is 2.35. The maximum Gasteiger partial charge on any atom is 0.186 e. The van der Waals surface area contributed by atoms with Gasteiger partial charge in [0, 0.05) is 95.0 Å². The largest absolute Gasteiger partial charge is 0.354 e. The van der Waals surface area contributed by atoms with Crippen LogP contribution in [0.4, 0.5) is 0 Å². The average molecular weight is 967 g/mol. The maximum atomic E-state index is 11.8. The van der Waals surface area contributed by atoms with E-state index in [1.807, 2.05) is 0 Å².